The molecule has 0 aliphatic carbocycles. The van der Waals surface area contributed by atoms with Gasteiger partial charge in [0.05, 0.1) is 12.2 Å². The fourth-order valence-corrected chi connectivity index (χ4v) is 1.90. The molecule has 1 unspecified atom stereocenters. The fourth-order valence-electron chi connectivity index (χ4n) is 1.90. The Morgan fingerprint density at radius 2 is 2.06 bits per heavy atom. The molecule has 17 heavy (non-hydrogen) atoms. The molecule has 6 heteroatoms. The van der Waals surface area contributed by atoms with Crippen molar-refractivity contribution in [3.63, 3.8) is 0 Å². The molecule has 1 saturated heterocycles. The lowest BCUT2D eigenvalue weighted by molar-refractivity contribution is -0.132. The van der Waals surface area contributed by atoms with Gasteiger partial charge >= 0.3 is 0 Å². The maximum atomic E-state index is 11.7. The van der Waals surface area contributed by atoms with Crippen molar-refractivity contribution in [1.29, 1.82) is 0 Å². The van der Waals surface area contributed by atoms with Crippen molar-refractivity contribution in [3.05, 3.63) is 18.6 Å². The van der Waals surface area contributed by atoms with Crippen molar-refractivity contribution in [2.75, 3.05) is 31.1 Å². The van der Waals surface area contributed by atoms with E-state index in [1.807, 2.05) is 0 Å². The zero-order chi connectivity index (χ0) is 12.3. The molecule has 92 valence electrons. The highest BCUT2D eigenvalue weighted by atomic mass is 16.2. The smallest absolute Gasteiger partial charge is 0.239 e. The van der Waals surface area contributed by atoms with Gasteiger partial charge in [0.2, 0.25) is 5.91 Å². The number of hydrogen-bond donors (Lipinski definition) is 1. The Kier molecular flexibility index (Phi) is 3.53. The second kappa shape index (κ2) is 5.09. The number of carbonyl (C=O) groups is 1. The molecule has 2 rings (SSSR count). The zero-order valence-corrected chi connectivity index (χ0v) is 9.91. The number of carbonyl (C=O) groups excluding carboxylic acids is 1. The molecule has 0 saturated carbocycles. The first-order valence-corrected chi connectivity index (χ1v) is 5.74. The van der Waals surface area contributed by atoms with Gasteiger partial charge in [-0.15, -0.1) is 0 Å². The maximum absolute atomic E-state index is 11.7. The third-order valence-electron chi connectivity index (χ3n) is 2.85. The first-order valence-electron chi connectivity index (χ1n) is 5.74. The van der Waals surface area contributed by atoms with Crippen molar-refractivity contribution in [2.24, 2.45) is 5.73 Å². The standard InChI is InChI=1S/C11H17N5O/c1-9(12)11(17)16-6-4-15(5-7-16)10-8-13-2-3-14-10/h2-3,8-9H,4-7,12H2,1H3. The summed E-state index contributed by atoms with van der Waals surface area (Å²) in [5.74, 6) is 0.879. The molecule has 1 aliphatic rings. The summed E-state index contributed by atoms with van der Waals surface area (Å²) in [5.41, 5.74) is 5.59. The van der Waals surface area contributed by atoms with Gasteiger partial charge in [-0.1, -0.05) is 0 Å². The van der Waals surface area contributed by atoms with E-state index in [-0.39, 0.29) is 5.91 Å². The van der Waals surface area contributed by atoms with E-state index in [1.165, 1.54) is 0 Å². The topological polar surface area (TPSA) is 75.4 Å². The van der Waals surface area contributed by atoms with Crippen LogP contribution in [0.25, 0.3) is 0 Å². The number of rotatable bonds is 2. The number of hydrogen-bond acceptors (Lipinski definition) is 5. The highest BCUT2D eigenvalue weighted by Crippen LogP contribution is 2.11. The number of anilines is 1. The lowest BCUT2D eigenvalue weighted by Crippen LogP contribution is -2.52. The molecule has 6 nitrogen and oxygen atoms in total. The first kappa shape index (κ1) is 11.8. The predicted molar refractivity (Wildman–Crippen MR) is 64.5 cm³/mol. The minimum atomic E-state index is -0.418. The third-order valence-corrected chi connectivity index (χ3v) is 2.85. The Morgan fingerprint density at radius 1 is 1.35 bits per heavy atom. The van der Waals surface area contributed by atoms with E-state index in [9.17, 15) is 4.79 Å². The molecule has 1 atom stereocenters. The molecule has 0 spiro atoms. The molecule has 1 aliphatic heterocycles. The minimum Gasteiger partial charge on any atom is -0.352 e. The van der Waals surface area contributed by atoms with Gasteiger partial charge in [0, 0.05) is 38.6 Å². The van der Waals surface area contributed by atoms with Gasteiger partial charge in [-0.2, -0.15) is 0 Å². The number of amides is 1. The van der Waals surface area contributed by atoms with E-state index < -0.39 is 6.04 Å². The largest absolute Gasteiger partial charge is 0.352 e. The highest BCUT2D eigenvalue weighted by Gasteiger charge is 2.23. The number of nitrogens with two attached hydrogens (primary N) is 1. The summed E-state index contributed by atoms with van der Waals surface area (Å²) in [4.78, 5) is 23.9. The summed E-state index contributed by atoms with van der Waals surface area (Å²) in [5, 5.41) is 0. The van der Waals surface area contributed by atoms with E-state index in [2.05, 4.69) is 14.9 Å². The van der Waals surface area contributed by atoms with Crippen molar-refractivity contribution in [1.82, 2.24) is 14.9 Å². The van der Waals surface area contributed by atoms with Gasteiger partial charge in [0.25, 0.3) is 0 Å². The van der Waals surface area contributed by atoms with Crippen LogP contribution in [-0.2, 0) is 4.79 Å². The average molecular weight is 235 g/mol. The molecule has 1 aromatic rings. The molecule has 2 heterocycles. The van der Waals surface area contributed by atoms with Crippen LogP contribution >= 0.6 is 0 Å². The van der Waals surface area contributed by atoms with Gasteiger partial charge in [-0.05, 0) is 6.92 Å². The van der Waals surface area contributed by atoms with Crippen LogP contribution in [0.15, 0.2) is 18.6 Å². The van der Waals surface area contributed by atoms with Crippen LogP contribution in [0.1, 0.15) is 6.92 Å². The minimum absolute atomic E-state index is 0.0174. The second-order valence-corrected chi connectivity index (χ2v) is 4.16. The van der Waals surface area contributed by atoms with Crippen LogP contribution in [0.4, 0.5) is 5.82 Å². The molecule has 2 N–H and O–H groups in total. The van der Waals surface area contributed by atoms with E-state index in [1.54, 1.807) is 30.4 Å². The lowest BCUT2D eigenvalue weighted by Gasteiger charge is -2.35. The Morgan fingerprint density at radius 3 is 2.59 bits per heavy atom. The Bertz CT molecular complexity index is 373. The molecule has 0 bridgehead atoms. The molecule has 1 fully saturated rings. The van der Waals surface area contributed by atoms with Gasteiger partial charge in [0.1, 0.15) is 5.82 Å². The number of aromatic nitrogens is 2. The summed E-state index contributed by atoms with van der Waals surface area (Å²) >= 11 is 0. The van der Waals surface area contributed by atoms with Crippen LogP contribution in [-0.4, -0.2) is 53.0 Å². The van der Waals surface area contributed by atoms with Crippen LogP contribution in [0.5, 0.6) is 0 Å². The van der Waals surface area contributed by atoms with Crippen molar-refractivity contribution in [3.8, 4) is 0 Å². The van der Waals surface area contributed by atoms with Crippen molar-refractivity contribution >= 4 is 11.7 Å². The second-order valence-electron chi connectivity index (χ2n) is 4.16. The molecular formula is C11H17N5O. The number of piperazine rings is 1. The summed E-state index contributed by atoms with van der Waals surface area (Å²) in [6, 6.07) is -0.418. The third kappa shape index (κ3) is 2.71. The van der Waals surface area contributed by atoms with Crippen molar-refractivity contribution in [2.45, 2.75) is 13.0 Å². The quantitative estimate of drug-likeness (QED) is 0.746. The maximum Gasteiger partial charge on any atom is 0.239 e. The van der Waals surface area contributed by atoms with Gasteiger partial charge < -0.3 is 15.5 Å². The first-order chi connectivity index (χ1) is 8.18. The van der Waals surface area contributed by atoms with Crippen LogP contribution in [0.3, 0.4) is 0 Å². The van der Waals surface area contributed by atoms with E-state index >= 15 is 0 Å². The fraction of sp³-hybridized carbons (Fsp3) is 0.545. The molecule has 1 aromatic heterocycles. The summed E-state index contributed by atoms with van der Waals surface area (Å²) < 4.78 is 0. The van der Waals surface area contributed by atoms with Gasteiger partial charge in [-0.3, -0.25) is 9.78 Å². The highest BCUT2D eigenvalue weighted by molar-refractivity contribution is 5.81. The van der Waals surface area contributed by atoms with E-state index in [0.29, 0.717) is 13.1 Å². The normalized spacial score (nSPS) is 18.0. The van der Waals surface area contributed by atoms with Gasteiger partial charge in [0.15, 0.2) is 0 Å². The van der Waals surface area contributed by atoms with Crippen LogP contribution in [0, 0.1) is 0 Å². The van der Waals surface area contributed by atoms with Crippen LogP contribution < -0.4 is 10.6 Å². The SMILES string of the molecule is CC(N)C(=O)N1CCN(c2cnccn2)CC1. The predicted octanol–water partition coefficient (Wildman–Crippen LogP) is -0.528. The Hall–Kier alpha value is -1.69. The molecule has 1 amide bonds. The summed E-state index contributed by atoms with van der Waals surface area (Å²) in [7, 11) is 0. The zero-order valence-electron chi connectivity index (χ0n) is 9.91. The average Bonchev–Trinajstić information content (AvgIpc) is 2.39. The van der Waals surface area contributed by atoms with Crippen molar-refractivity contribution < 1.29 is 4.79 Å². The van der Waals surface area contributed by atoms with Gasteiger partial charge in [-0.25, -0.2) is 4.98 Å². The number of nitrogens with zero attached hydrogens (tertiary/aromatic N) is 4. The summed E-state index contributed by atoms with van der Waals surface area (Å²) in [6.45, 7) is 4.65. The summed E-state index contributed by atoms with van der Waals surface area (Å²) in [6.07, 6.45) is 5.07. The molecular weight excluding hydrogens is 218 g/mol. The molecule has 0 radical (unpaired) electrons. The molecule has 0 aromatic carbocycles. The van der Waals surface area contributed by atoms with E-state index in [4.69, 9.17) is 5.73 Å². The Labute approximate surface area is 100 Å². The van der Waals surface area contributed by atoms with Crippen LogP contribution in [0.2, 0.25) is 0 Å². The monoisotopic (exact) mass is 235 g/mol. The Balaban J connectivity index is 1.93. The lowest BCUT2D eigenvalue weighted by atomic mass is 10.2. The van der Waals surface area contributed by atoms with E-state index in [0.717, 1.165) is 18.9 Å².